The first-order valence-corrected chi connectivity index (χ1v) is 8.79. The molecule has 2 N–H and O–H groups in total. The van der Waals surface area contributed by atoms with Gasteiger partial charge >= 0.3 is 0 Å². The van der Waals surface area contributed by atoms with Crippen molar-refractivity contribution < 1.29 is 9.53 Å². The minimum Gasteiger partial charge on any atom is -0.376 e. The van der Waals surface area contributed by atoms with Crippen LogP contribution in [0.15, 0.2) is 12.4 Å². The van der Waals surface area contributed by atoms with E-state index >= 15 is 0 Å². The van der Waals surface area contributed by atoms with Crippen molar-refractivity contribution >= 4 is 11.9 Å². The highest BCUT2D eigenvalue weighted by Crippen LogP contribution is 2.17. The Kier molecular flexibility index (Phi) is 5.80. The second-order valence-corrected chi connectivity index (χ2v) is 6.47. The molecule has 1 atom stereocenters. The van der Waals surface area contributed by atoms with Gasteiger partial charge in [-0.15, -0.1) is 0 Å². The number of hydrogen-bond acceptors (Lipinski definition) is 5. The molecule has 2 heterocycles. The molecule has 6 heteroatoms. The van der Waals surface area contributed by atoms with Gasteiger partial charge in [0.1, 0.15) is 0 Å². The number of hydrogen-bond donors (Lipinski definition) is 2. The highest BCUT2D eigenvalue weighted by Gasteiger charge is 2.17. The fourth-order valence-electron chi connectivity index (χ4n) is 3.24. The number of ether oxygens (including phenoxy) is 1. The Morgan fingerprint density at radius 1 is 1.09 bits per heavy atom. The summed E-state index contributed by atoms with van der Waals surface area (Å²) in [6, 6.07) is 0.294. The Morgan fingerprint density at radius 2 is 1.83 bits per heavy atom. The van der Waals surface area contributed by atoms with Gasteiger partial charge in [0.2, 0.25) is 5.95 Å². The molecule has 2 fully saturated rings. The van der Waals surface area contributed by atoms with Gasteiger partial charge in [0.15, 0.2) is 0 Å². The maximum Gasteiger partial charge on any atom is 0.254 e. The van der Waals surface area contributed by atoms with Crippen molar-refractivity contribution in [1.29, 1.82) is 0 Å². The Hall–Kier alpha value is -1.69. The molecule has 1 saturated carbocycles. The predicted octanol–water partition coefficient (Wildman–Crippen LogP) is 2.52. The summed E-state index contributed by atoms with van der Waals surface area (Å²) in [6.45, 7) is 1.56. The van der Waals surface area contributed by atoms with Crippen molar-refractivity contribution in [3.05, 3.63) is 18.0 Å². The summed E-state index contributed by atoms with van der Waals surface area (Å²) in [4.78, 5) is 20.7. The zero-order chi connectivity index (χ0) is 15.9. The number of carbonyl (C=O) groups excluding carboxylic acids is 1. The van der Waals surface area contributed by atoms with Crippen molar-refractivity contribution in [2.45, 2.75) is 63.5 Å². The molecule has 1 unspecified atom stereocenters. The fourth-order valence-corrected chi connectivity index (χ4v) is 3.24. The quantitative estimate of drug-likeness (QED) is 0.816. The van der Waals surface area contributed by atoms with Gasteiger partial charge in [-0.25, -0.2) is 9.97 Å². The van der Waals surface area contributed by atoms with E-state index in [-0.39, 0.29) is 12.0 Å². The largest absolute Gasteiger partial charge is 0.376 e. The molecule has 0 spiro atoms. The average molecular weight is 318 g/mol. The Balaban J connectivity index is 1.48. The van der Waals surface area contributed by atoms with Gasteiger partial charge in [0, 0.05) is 31.6 Å². The third-order valence-electron chi connectivity index (χ3n) is 4.62. The zero-order valence-corrected chi connectivity index (χ0v) is 13.6. The predicted molar refractivity (Wildman–Crippen MR) is 88.5 cm³/mol. The van der Waals surface area contributed by atoms with Crippen LogP contribution >= 0.6 is 0 Å². The van der Waals surface area contributed by atoms with Crippen molar-refractivity contribution in [3.8, 4) is 0 Å². The lowest BCUT2D eigenvalue weighted by Gasteiger charge is -2.16. The van der Waals surface area contributed by atoms with Crippen LogP contribution in [0.3, 0.4) is 0 Å². The monoisotopic (exact) mass is 318 g/mol. The number of carbonyl (C=O) groups is 1. The molecular formula is C17H26N4O2. The van der Waals surface area contributed by atoms with Crippen LogP contribution < -0.4 is 10.6 Å². The standard InChI is InChI=1S/C17H26N4O2/c22-16(21-14-6-3-1-2-4-7-14)13-10-18-17(19-11-13)20-12-15-8-5-9-23-15/h10-11,14-15H,1-9,12H2,(H,21,22)(H,18,19,20). The van der Waals surface area contributed by atoms with Gasteiger partial charge in [0.05, 0.1) is 11.7 Å². The molecule has 1 aliphatic heterocycles. The van der Waals surface area contributed by atoms with Gasteiger partial charge in [0.25, 0.3) is 5.91 Å². The maximum absolute atomic E-state index is 12.3. The van der Waals surface area contributed by atoms with E-state index in [0.29, 0.717) is 24.1 Å². The highest BCUT2D eigenvalue weighted by molar-refractivity contribution is 5.93. The van der Waals surface area contributed by atoms with E-state index in [1.165, 1.54) is 25.7 Å². The van der Waals surface area contributed by atoms with Gasteiger partial charge in [-0.2, -0.15) is 0 Å². The first-order valence-electron chi connectivity index (χ1n) is 8.79. The summed E-state index contributed by atoms with van der Waals surface area (Å²) in [5, 5.41) is 6.28. The van der Waals surface area contributed by atoms with E-state index in [1.807, 2.05) is 0 Å². The lowest BCUT2D eigenvalue weighted by Crippen LogP contribution is -2.34. The molecule has 2 aliphatic rings. The Morgan fingerprint density at radius 3 is 2.48 bits per heavy atom. The van der Waals surface area contributed by atoms with Crippen LogP contribution in [-0.4, -0.2) is 41.2 Å². The third kappa shape index (κ3) is 4.89. The molecule has 1 aliphatic carbocycles. The molecule has 23 heavy (non-hydrogen) atoms. The highest BCUT2D eigenvalue weighted by atomic mass is 16.5. The number of nitrogens with one attached hydrogen (secondary N) is 2. The minimum absolute atomic E-state index is 0.0671. The topological polar surface area (TPSA) is 76.1 Å². The molecule has 1 aromatic rings. The van der Waals surface area contributed by atoms with Gasteiger partial charge < -0.3 is 15.4 Å². The molecule has 0 aromatic carbocycles. The number of rotatable bonds is 5. The Bertz CT molecular complexity index is 492. The van der Waals surface area contributed by atoms with Crippen molar-refractivity contribution in [2.24, 2.45) is 0 Å². The van der Waals surface area contributed by atoms with Crippen LogP contribution in [0.2, 0.25) is 0 Å². The molecule has 1 aromatic heterocycles. The van der Waals surface area contributed by atoms with Gasteiger partial charge in [-0.05, 0) is 25.7 Å². The second kappa shape index (κ2) is 8.24. The molecule has 0 bridgehead atoms. The van der Waals surface area contributed by atoms with Gasteiger partial charge in [-0.1, -0.05) is 25.7 Å². The first kappa shape index (κ1) is 16.2. The normalized spacial score (nSPS) is 22.5. The summed E-state index contributed by atoms with van der Waals surface area (Å²) in [5.41, 5.74) is 0.525. The Labute approximate surface area is 137 Å². The van der Waals surface area contributed by atoms with E-state index in [2.05, 4.69) is 20.6 Å². The van der Waals surface area contributed by atoms with E-state index in [9.17, 15) is 4.79 Å². The fraction of sp³-hybridized carbons (Fsp3) is 0.706. The molecule has 6 nitrogen and oxygen atoms in total. The number of nitrogens with zero attached hydrogens (tertiary/aromatic N) is 2. The SMILES string of the molecule is O=C(NC1CCCCCC1)c1cnc(NCC2CCCO2)nc1. The maximum atomic E-state index is 12.3. The van der Waals surface area contributed by atoms with Crippen molar-refractivity contribution in [2.75, 3.05) is 18.5 Å². The van der Waals surface area contributed by atoms with Crippen LogP contribution in [0.25, 0.3) is 0 Å². The summed E-state index contributed by atoms with van der Waals surface area (Å²) >= 11 is 0. The molecule has 1 amide bonds. The third-order valence-corrected chi connectivity index (χ3v) is 4.62. The van der Waals surface area contributed by atoms with Crippen molar-refractivity contribution in [3.63, 3.8) is 0 Å². The van der Waals surface area contributed by atoms with Crippen LogP contribution in [0.4, 0.5) is 5.95 Å². The molecule has 0 radical (unpaired) electrons. The van der Waals surface area contributed by atoms with Crippen LogP contribution in [0.1, 0.15) is 61.7 Å². The van der Waals surface area contributed by atoms with E-state index in [4.69, 9.17) is 4.74 Å². The summed E-state index contributed by atoms with van der Waals surface area (Å²) in [5.74, 6) is 0.481. The lowest BCUT2D eigenvalue weighted by molar-refractivity contribution is 0.0932. The average Bonchev–Trinajstić information content (AvgIpc) is 2.97. The van der Waals surface area contributed by atoms with Crippen LogP contribution in [0, 0.1) is 0 Å². The van der Waals surface area contributed by atoms with Crippen LogP contribution in [-0.2, 0) is 4.74 Å². The molecular weight excluding hydrogens is 292 g/mol. The first-order chi connectivity index (χ1) is 11.3. The second-order valence-electron chi connectivity index (χ2n) is 6.47. The lowest BCUT2D eigenvalue weighted by atomic mass is 10.1. The zero-order valence-electron chi connectivity index (χ0n) is 13.6. The molecule has 126 valence electrons. The van der Waals surface area contributed by atoms with E-state index in [0.717, 1.165) is 32.3 Å². The van der Waals surface area contributed by atoms with Crippen LogP contribution in [0.5, 0.6) is 0 Å². The summed E-state index contributed by atoms with van der Waals surface area (Å²) in [7, 11) is 0. The summed E-state index contributed by atoms with van der Waals surface area (Å²) in [6.07, 6.45) is 12.7. The van der Waals surface area contributed by atoms with Crippen molar-refractivity contribution in [1.82, 2.24) is 15.3 Å². The molecule has 3 rings (SSSR count). The smallest absolute Gasteiger partial charge is 0.254 e. The number of aromatic nitrogens is 2. The number of anilines is 1. The summed E-state index contributed by atoms with van der Waals surface area (Å²) < 4.78 is 5.55. The van der Waals surface area contributed by atoms with E-state index < -0.39 is 0 Å². The van der Waals surface area contributed by atoms with Gasteiger partial charge in [-0.3, -0.25) is 4.79 Å². The minimum atomic E-state index is -0.0671. The van der Waals surface area contributed by atoms with E-state index in [1.54, 1.807) is 12.4 Å². The molecule has 1 saturated heterocycles. The number of amides is 1.